The molecule has 2 atom stereocenters. The van der Waals surface area contributed by atoms with Crippen molar-refractivity contribution in [3.63, 3.8) is 0 Å². The summed E-state index contributed by atoms with van der Waals surface area (Å²) >= 11 is 0. The van der Waals surface area contributed by atoms with E-state index in [1.54, 1.807) is 0 Å². The zero-order chi connectivity index (χ0) is 22.3. The van der Waals surface area contributed by atoms with Crippen LogP contribution in [-0.4, -0.2) is 46.5 Å². The highest BCUT2D eigenvalue weighted by atomic mass is 127. The molecule has 1 saturated heterocycles. The molecule has 0 aromatic heterocycles. The van der Waals surface area contributed by atoms with E-state index < -0.39 is 10.0 Å². The van der Waals surface area contributed by atoms with Crippen LogP contribution in [0.2, 0.25) is 0 Å². The van der Waals surface area contributed by atoms with Crippen LogP contribution in [-0.2, 0) is 22.3 Å². The van der Waals surface area contributed by atoms with Gasteiger partial charge >= 0.3 is 0 Å². The van der Waals surface area contributed by atoms with Crippen molar-refractivity contribution in [2.24, 2.45) is 10.9 Å². The predicted octanol–water partition coefficient (Wildman–Crippen LogP) is 3.94. The molecule has 2 unspecified atom stereocenters. The molecule has 176 valence electrons. The lowest BCUT2D eigenvalue weighted by molar-refractivity contribution is 0.215. The Hall–Kier alpha value is -1.65. The fourth-order valence-corrected chi connectivity index (χ4v) is 5.11. The number of benzene rings is 2. The fraction of sp³-hybridized carbons (Fsp3) is 0.458. The van der Waals surface area contributed by atoms with E-state index in [2.05, 4.69) is 57.2 Å². The lowest BCUT2D eigenvalue weighted by Gasteiger charge is -2.40. The van der Waals surface area contributed by atoms with Gasteiger partial charge in [0.05, 0.1) is 5.75 Å². The van der Waals surface area contributed by atoms with Gasteiger partial charge in [-0.05, 0) is 42.0 Å². The summed E-state index contributed by atoms with van der Waals surface area (Å²) in [5.74, 6) is 2.12. The number of nitrogens with one attached hydrogen (secondary N) is 2. The van der Waals surface area contributed by atoms with E-state index in [4.69, 9.17) is 0 Å². The van der Waals surface area contributed by atoms with Gasteiger partial charge in [0.2, 0.25) is 10.0 Å². The maximum Gasteiger partial charge on any atom is 0.215 e. The minimum atomic E-state index is -3.25. The third-order valence-corrected chi connectivity index (χ3v) is 7.47. The summed E-state index contributed by atoms with van der Waals surface area (Å²) in [6.07, 6.45) is 2.27. The third kappa shape index (κ3) is 7.18. The van der Waals surface area contributed by atoms with E-state index in [1.807, 2.05) is 31.3 Å². The topological polar surface area (TPSA) is 73.8 Å². The molecule has 6 nitrogen and oxygen atoms in total. The van der Waals surface area contributed by atoms with Crippen molar-refractivity contribution in [1.82, 2.24) is 14.9 Å². The number of piperidine rings is 1. The van der Waals surface area contributed by atoms with Gasteiger partial charge in [-0.3, -0.25) is 4.99 Å². The molecule has 1 aliphatic rings. The van der Waals surface area contributed by atoms with E-state index >= 15 is 0 Å². The number of hydrogen-bond donors (Lipinski definition) is 2. The molecule has 2 aromatic rings. The Bertz CT molecular complexity index is 965. The number of likely N-dealkylation sites (tertiary alicyclic amines) is 1. The first-order valence-electron chi connectivity index (χ1n) is 10.9. The predicted molar refractivity (Wildman–Crippen MR) is 143 cm³/mol. The van der Waals surface area contributed by atoms with Crippen LogP contribution in [0.5, 0.6) is 0 Å². The summed E-state index contributed by atoms with van der Waals surface area (Å²) in [5, 5.41) is 3.48. The summed E-state index contributed by atoms with van der Waals surface area (Å²) in [4.78, 5) is 6.88. The SMILES string of the molecule is CCC1CN(C(=NC)NCc2ccc(CS(=O)(=O)NC)cc2)CCC1c1ccccc1.I. The maximum atomic E-state index is 11.7. The maximum absolute atomic E-state index is 11.7. The largest absolute Gasteiger partial charge is 0.352 e. The molecule has 1 fully saturated rings. The summed E-state index contributed by atoms with van der Waals surface area (Å²) in [6, 6.07) is 18.5. The van der Waals surface area contributed by atoms with Crippen LogP contribution in [0.1, 0.15) is 42.4 Å². The van der Waals surface area contributed by atoms with Crippen molar-refractivity contribution in [2.75, 3.05) is 27.2 Å². The summed E-state index contributed by atoms with van der Waals surface area (Å²) in [5.41, 5.74) is 3.31. The highest BCUT2D eigenvalue weighted by Gasteiger charge is 2.30. The standard InChI is InChI=1S/C24H34N4O2S.HI/c1-4-21-17-28(15-14-23(21)22-8-6-5-7-9-22)24(25-2)27-16-19-10-12-20(13-11-19)18-31(29,30)26-3;/h5-13,21,23,26H,4,14-18H2,1-3H3,(H,25,27);1H. The average molecular weight is 571 g/mol. The monoisotopic (exact) mass is 570 g/mol. The van der Waals surface area contributed by atoms with Crippen LogP contribution in [0.3, 0.4) is 0 Å². The van der Waals surface area contributed by atoms with Crippen LogP contribution < -0.4 is 10.0 Å². The Morgan fingerprint density at radius 3 is 2.34 bits per heavy atom. The molecule has 0 radical (unpaired) electrons. The fourth-order valence-electron chi connectivity index (χ4n) is 4.34. The molecule has 0 spiro atoms. The van der Waals surface area contributed by atoms with E-state index in [1.165, 1.54) is 12.6 Å². The summed E-state index contributed by atoms with van der Waals surface area (Å²) in [6.45, 7) is 4.91. The molecule has 1 aliphatic heterocycles. The normalized spacial score (nSPS) is 19.3. The van der Waals surface area contributed by atoms with Crippen LogP contribution in [0.15, 0.2) is 59.6 Å². The summed E-state index contributed by atoms with van der Waals surface area (Å²) < 4.78 is 25.8. The molecular weight excluding hydrogens is 535 g/mol. The first kappa shape index (κ1) is 26.6. The van der Waals surface area contributed by atoms with Crippen molar-refractivity contribution in [3.8, 4) is 0 Å². The van der Waals surface area contributed by atoms with Crippen molar-refractivity contribution in [3.05, 3.63) is 71.3 Å². The Labute approximate surface area is 210 Å². The molecule has 1 heterocycles. The number of guanidine groups is 1. The number of sulfonamides is 1. The highest BCUT2D eigenvalue weighted by molar-refractivity contribution is 14.0. The third-order valence-electron chi connectivity index (χ3n) is 6.14. The van der Waals surface area contributed by atoms with Crippen LogP contribution in [0.4, 0.5) is 0 Å². The number of aliphatic imine (C=N–C) groups is 1. The second-order valence-corrected chi connectivity index (χ2v) is 10.0. The number of hydrogen-bond acceptors (Lipinski definition) is 3. The Kier molecular flexibility index (Phi) is 10.4. The van der Waals surface area contributed by atoms with E-state index in [0.29, 0.717) is 18.4 Å². The highest BCUT2D eigenvalue weighted by Crippen LogP contribution is 2.34. The molecule has 2 aromatic carbocycles. The minimum absolute atomic E-state index is 0. The van der Waals surface area contributed by atoms with Crippen LogP contribution in [0, 0.1) is 5.92 Å². The van der Waals surface area contributed by atoms with E-state index in [9.17, 15) is 8.42 Å². The van der Waals surface area contributed by atoms with Crippen molar-refractivity contribution >= 4 is 40.0 Å². The van der Waals surface area contributed by atoms with Gasteiger partial charge in [0.25, 0.3) is 0 Å². The molecule has 8 heteroatoms. The van der Waals surface area contributed by atoms with Crippen molar-refractivity contribution in [1.29, 1.82) is 0 Å². The lowest BCUT2D eigenvalue weighted by Crippen LogP contribution is -2.48. The average Bonchev–Trinajstić information content (AvgIpc) is 2.80. The number of rotatable bonds is 7. The molecule has 0 aliphatic carbocycles. The van der Waals surface area contributed by atoms with Gasteiger partial charge in [-0.25, -0.2) is 13.1 Å². The van der Waals surface area contributed by atoms with Gasteiger partial charge < -0.3 is 10.2 Å². The molecule has 0 saturated carbocycles. The van der Waals surface area contributed by atoms with Gasteiger partial charge in [-0.1, -0.05) is 67.9 Å². The molecule has 2 N–H and O–H groups in total. The lowest BCUT2D eigenvalue weighted by atomic mass is 9.79. The molecule has 32 heavy (non-hydrogen) atoms. The quantitative estimate of drug-likeness (QED) is 0.301. The minimum Gasteiger partial charge on any atom is -0.352 e. The van der Waals surface area contributed by atoms with Crippen LogP contribution >= 0.6 is 24.0 Å². The molecule has 3 rings (SSSR count). The zero-order valence-electron chi connectivity index (χ0n) is 19.1. The van der Waals surface area contributed by atoms with Gasteiger partial charge in [0.15, 0.2) is 5.96 Å². The van der Waals surface area contributed by atoms with E-state index in [0.717, 1.165) is 43.0 Å². The smallest absolute Gasteiger partial charge is 0.215 e. The molecular formula is C24H35IN4O2S. The number of nitrogens with zero attached hydrogens (tertiary/aromatic N) is 2. The second kappa shape index (κ2) is 12.6. The van der Waals surface area contributed by atoms with Crippen molar-refractivity contribution < 1.29 is 8.42 Å². The molecule has 0 bridgehead atoms. The Balaban J connectivity index is 0.00000363. The van der Waals surface area contributed by atoms with Gasteiger partial charge in [0, 0.05) is 26.7 Å². The Morgan fingerprint density at radius 2 is 1.75 bits per heavy atom. The molecule has 0 amide bonds. The first-order chi connectivity index (χ1) is 15.0. The Morgan fingerprint density at radius 1 is 1.09 bits per heavy atom. The first-order valence-corrected chi connectivity index (χ1v) is 12.6. The van der Waals surface area contributed by atoms with Gasteiger partial charge in [-0.2, -0.15) is 0 Å². The van der Waals surface area contributed by atoms with Gasteiger partial charge in [-0.15, -0.1) is 24.0 Å². The van der Waals surface area contributed by atoms with Crippen LogP contribution in [0.25, 0.3) is 0 Å². The summed E-state index contributed by atoms with van der Waals surface area (Å²) in [7, 11) is 0.0136. The number of halogens is 1. The second-order valence-electron chi connectivity index (χ2n) is 8.10. The zero-order valence-corrected chi connectivity index (χ0v) is 22.3. The van der Waals surface area contributed by atoms with Crippen molar-refractivity contribution in [2.45, 2.75) is 38.0 Å². The van der Waals surface area contributed by atoms with E-state index in [-0.39, 0.29) is 29.7 Å². The van der Waals surface area contributed by atoms with Gasteiger partial charge in [0.1, 0.15) is 0 Å².